The SMILES string of the molecule is COc1cccc(/C=N/NC(=O)c2nnn(-c3nonc3N)c2CN2CCC(C)CC2)c1. The summed E-state index contributed by atoms with van der Waals surface area (Å²) in [5, 5.41) is 19.6. The number of hydrogen-bond donors (Lipinski definition) is 2. The van der Waals surface area contributed by atoms with Crippen LogP contribution in [0.25, 0.3) is 5.82 Å². The molecule has 12 heteroatoms. The lowest BCUT2D eigenvalue weighted by atomic mass is 9.99. The van der Waals surface area contributed by atoms with Crippen molar-refractivity contribution in [3.63, 3.8) is 0 Å². The van der Waals surface area contributed by atoms with Gasteiger partial charge < -0.3 is 10.5 Å². The summed E-state index contributed by atoms with van der Waals surface area (Å²) in [5.74, 6) is 1.13. The second kappa shape index (κ2) is 9.56. The number of carbonyl (C=O) groups excluding carboxylic acids is 1. The monoisotopic (exact) mass is 439 g/mol. The summed E-state index contributed by atoms with van der Waals surface area (Å²) in [7, 11) is 1.59. The number of piperidine rings is 1. The molecule has 4 rings (SSSR count). The number of nitrogens with two attached hydrogens (primary N) is 1. The minimum atomic E-state index is -0.495. The standard InChI is InChI=1S/C20H25N9O3/c1-13-6-8-28(9-7-13)12-16-17(23-27-29(16)19-18(21)25-32-26-19)20(30)24-22-11-14-4-3-5-15(10-14)31-2/h3-5,10-11,13H,6-9,12H2,1-2H3,(H2,21,25)(H,24,30)/b22-11+. The van der Waals surface area contributed by atoms with Crippen LogP contribution >= 0.6 is 0 Å². The maximum absolute atomic E-state index is 12.9. The van der Waals surface area contributed by atoms with Crippen molar-refractivity contribution in [1.82, 2.24) is 35.6 Å². The number of carbonyl (C=O) groups is 1. The van der Waals surface area contributed by atoms with Gasteiger partial charge in [0.1, 0.15) is 5.75 Å². The van der Waals surface area contributed by atoms with Crippen molar-refractivity contribution in [3.8, 4) is 11.6 Å². The third-order valence-corrected chi connectivity index (χ3v) is 5.40. The molecule has 0 bridgehead atoms. The third kappa shape index (κ3) is 4.75. The Kier molecular flexibility index (Phi) is 6.40. The van der Waals surface area contributed by atoms with E-state index in [4.69, 9.17) is 15.1 Å². The zero-order chi connectivity index (χ0) is 22.5. The molecule has 2 aromatic heterocycles. The van der Waals surface area contributed by atoms with Gasteiger partial charge in [-0.3, -0.25) is 9.69 Å². The van der Waals surface area contributed by atoms with Crippen LogP contribution < -0.4 is 15.9 Å². The minimum Gasteiger partial charge on any atom is -0.497 e. The number of nitrogens with one attached hydrogen (secondary N) is 1. The molecule has 1 fully saturated rings. The number of benzene rings is 1. The van der Waals surface area contributed by atoms with Gasteiger partial charge in [-0.25, -0.2) is 10.1 Å². The Balaban J connectivity index is 1.55. The molecule has 3 aromatic rings. The molecule has 0 unspecified atom stereocenters. The number of anilines is 1. The fourth-order valence-electron chi connectivity index (χ4n) is 3.50. The molecule has 0 saturated carbocycles. The van der Waals surface area contributed by atoms with E-state index in [0.29, 0.717) is 23.9 Å². The van der Waals surface area contributed by atoms with E-state index in [-0.39, 0.29) is 17.3 Å². The summed E-state index contributed by atoms with van der Waals surface area (Å²) in [4.78, 5) is 15.1. The van der Waals surface area contributed by atoms with Crippen molar-refractivity contribution in [2.75, 3.05) is 25.9 Å². The van der Waals surface area contributed by atoms with E-state index in [1.807, 2.05) is 18.2 Å². The van der Waals surface area contributed by atoms with Crippen molar-refractivity contribution < 1.29 is 14.2 Å². The number of aromatic nitrogens is 5. The number of ether oxygens (including phenoxy) is 1. The Labute approximate surface area is 184 Å². The molecule has 1 aliphatic heterocycles. The fourth-order valence-corrected chi connectivity index (χ4v) is 3.50. The summed E-state index contributed by atoms with van der Waals surface area (Å²) < 4.78 is 11.3. The number of nitrogen functional groups attached to an aromatic ring is 1. The van der Waals surface area contributed by atoms with Crippen LogP contribution in [0.5, 0.6) is 5.75 Å². The van der Waals surface area contributed by atoms with E-state index in [1.54, 1.807) is 13.2 Å². The predicted molar refractivity (Wildman–Crippen MR) is 115 cm³/mol. The molecule has 1 amide bonds. The average molecular weight is 439 g/mol. The van der Waals surface area contributed by atoms with E-state index in [2.05, 4.69) is 43.0 Å². The van der Waals surface area contributed by atoms with Crippen LogP contribution in [0.3, 0.4) is 0 Å². The number of hydrogen-bond acceptors (Lipinski definition) is 10. The fraction of sp³-hybridized carbons (Fsp3) is 0.400. The zero-order valence-corrected chi connectivity index (χ0v) is 17.9. The topological polar surface area (TPSA) is 150 Å². The predicted octanol–water partition coefficient (Wildman–Crippen LogP) is 1.24. The molecular formula is C20H25N9O3. The second-order valence-corrected chi connectivity index (χ2v) is 7.70. The first-order valence-corrected chi connectivity index (χ1v) is 10.3. The highest BCUT2D eigenvalue weighted by molar-refractivity contribution is 5.94. The minimum absolute atomic E-state index is 0.0615. The summed E-state index contributed by atoms with van der Waals surface area (Å²) in [6.45, 7) is 4.51. The van der Waals surface area contributed by atoms with Gasteiger partial charge in [0.2, 0.25) is 11.6 Å². The van der Waals surface area contributed by atoms with Gasteiger partial charge >= 0.3 is 0 Å². The highest BCUT2D eigenvalue weighted by atomic mass is 16.6. The lowest BCUT2D eigenvalue weighted by Gasteiger charge is -2.30. The second-order valence-electron chi connectivity index (χ2n) is 7.70. The highest BCUT2D eigenvalue weighted by Gasteiger charge is 2.26. The van der Waals surface area contributed by atoms with Crippen LogP contribution in [-0.2, 0) is 6.54 Å². The van der Waals surface area contributed by atoms with Crippen molar-refractivity contribution >= 4 is 17.9 Å². The van der Waals surface area contributed by atoms with E-state index in [0.717, 1.165) is 31.5 Å². The van der Waals surface area contributed by atoms with Gasteiger partial charge in [-0.2, -0.15) is 9.78 Å². The molecule has 0 radical (unpaired) electrons. The molecule has 0 spiro atoms. The third-order valence-electron chi connectivity index (χ3n) is 5.40. The summed E-state index contributed by atoms with van der Waals surface area (Å²) >= 11 is 0. The highest BCUT2D eigenvalue weighted by Crippen LogP contribution is 2.21. The van der Waals surface area contributed by atoms with E-state index >= 15 is 0 Å². The van der Waals surface area contributed by atoms with Gasteiger partial charge in [0.25, 0.3) is 5.91 Å². The van der Waals surface area contributed by atoms with E-state index < -0.39 is 5.91 Å². The molecule has 3 N–H and O–H groups in total. The Morgan fingerprint density at radius 3 is 2.91 bits per heavy atom. The molecular weight excluding hydrogens is 414 g/mol. The first-order chi connectivity index (χ1) is 15.5. The van der Waals surface area contributed by atoms with Crippen molar-refractivity contribution in [1.29, 1.82) is 0 Å². The van der Waals surface area contributed by atoms with Gasteiger partial charge in [-0.1, -0.05) is 24.3 Å². The van der Waals surface area contributed by atoms with Gasteiger partial charge in [-0.05, 0) is 59.9 Å². The van der Waals surface area contributed by atoms with Crippen molar-refractivity contribution in [2.24, 2.45) is 11.0 Å². The zero-order valence-electron chi connectivity index (χ0n) is 17.9. The van der Waals surface area contributed by atoms with Gasteiger partial charge in [0.05, 0.1) is 19.0 Å². The maximum atomic E-state index is 12.9. The molecule has 12 nitrogen and oxygen atoms in total. The average Bonchev–Trinajstić information content (AvgIpc) is 3.41. The Morgan fingerprint density at radius 1 is 1.38 bits per heavy atom. The number of hydrazone groups is 1. The molecule has 32 heavy (non-hydrogen) atoms. The van der Waals surface area contributed by atoms with Crippen LogP contribution in [-0.4, -0.2) is 62.5 Å². The lowest BCUT2D eigenvalue weighted by molar-refractivity contribution is 0.0947. The number of rotatable bonds is 7. The quantitative estimate of drug-likeness (QED) is 0.409. The Morgan fingerprint density at radius 2 is 2.19 bits per heavy atom. The number of nitrogens with zero attached hydrogens (tertiary/aromatic N) is 7. The smallest absolute Gasteiger partial charge is 0.293 e. The molecule has 0 aliphatic carbocycles. The molecule has 1 aliphatic rings. The van der Waals surface area contributed by atoms with Crippen LogP contribution in [0.1, 0.15) is 41.5 Å². The lowest BCUT2D eigenvalue weighted by Crippen LogP contribution is -2.34. The molecule has 168 valence electrons. The number of likely N-dealkylation sites (tertiary alicyclic amines) is 1. The Bertz CT molecular complexity index is 1100. The number of methoxy groups -OCH3 is 1. The van der Waals surface area contributed by atoms with E-state index in [9.17, 15) is 4.79 Å². The molecule has 1 aromatic carbocycles. The van der Waals surface area contributed by atoms with Gasteiger partial charge in [0.15, 0.2) is 5.69 Å². The van der Waals surface area contributed by atoms with Crippen LogP contribution in [0, 0.1) is 5.92 Å². The molecule has 3 heterocycles. The largest absolute Gasteiger partial charge is 0.497 e. The summed E-state index contributed by atoms with van der Waals surface area (Å²) in [6.07, 6.45) is 3.69. The maximum Gasteiger partial charge on any atom is 0.293 e. The van der Waals surface area contributed by atoms with Crippen molar-refractivity contribution in [2.45, 2.75) is 26.3 Å². The van der Waals surface area contributed by atoms with Crippen LogP contribution in [0.4, 0.5) is 5.82 Å². The van der Waals surface area contributed by atoms with Gasteiger partial charge in [0, 0.05) is 6.54 Å². The first kappa shape index (κ1) is 21.4. The summed E-state index contributed by atoms with van der Waals surface area (Å²) in [5.41, 5.74) is 9.80. The Hall–Kier alpha value is -3.80. The molecule has 0 atom stereocenters. The van der Waals surface area contributed by atoms with Gasteiger partial charge in [-0.15, -0.1) is 5.10 Å². The normalized spacial score (nSPS) is 15.3. The van der Waals surface area contributed by atoms with E-state index in [1.165, 1.54) is 10.9 Å². The summed E-state index contributed by atoms with van der Waals surface area (Å²) in [6, 6.07) is 7.31. The van der Waals surface area contributed by atoms with Crippen LogP contribution in [0.15, 0.2) is 34.0 Å². The van der Waals surface area contributed by atoms with Crippen LogP contribution in [0.2, 0.25) is 0 Å². The molecule has 1 saturated heterocycles. The number of amides is 1. The first-order valence-electron chi connectivity index (χ1n) is 10.3. The van der Waals surface area contributed by atoms with Crippen molar-refractivity contribution in [3.05, 3.63) is 41.2 Å².